The normalized spacial score (nSPS) is 27.2. The van der Waals surface area contributed by atoms with E-state index >= 15 is 4.39 Å². The van der Waals surface area contributed by atoms with Crippen molar-refractivity contribution in [3.05, 3.63) is 64.5 Å². The molecule has 2 aromatic rings. The van der Waals surface area contributed by atoms with Crippen molar-refractivity contribution in [1.82, 2.24) is 15.1 Å². The van der Waals surface area contributed by atoms with Crippen LogP contribution in [0.4, 0.5) is 10.1 Å². The standard InChI is InChI=1S/C29H35FN4O4/c1-28(2)16-33(17-29(3,4)38-28)14-19-8-5-7-18(25(19)30)13-31-22-10-6-9-20-21(22)15-34(27(20)37)23-11-12-24(35)32-26(23)36/h5-10,23,31H,11-17H2,1-4H3,(H,32,35,36)/i15D2,23D. The van der Waals surface area contributed by atoms with Gasteiger partial charge in [0.2, 0.25) is 11.8 Å². The summed E-state index contributed by atoms with van der Waals surface area (Å²) in [5.41, 5.74) is 0.374. The third-order valence-electron chi connectivity index (χ3n) is 6.88. The Hall–Kier alpha value is -3.30. The first kappa shape index (κ1) is 22.7. The minimum Gasteiger partial charge on any atom is -0.381 e. The molecule has 0 spiro atoms. The molecule has 2 N–H and O–H groups in total. The molecule has 0 aliphatic carbocycles. The molecule has 3 aliphatic heterocycles. The number of imide groups is 1. The van der Waals surface area contributed by atoms with Crippen LogP contribution in [0.1, 0.15) is 71.7 Å². The second kappa shape index (κ2) is 9.78. The maximum absolute atomic E-state index is 15.7. The van der Waals surface area contributed by atoms with Crippen molar-refractivity contribution in [3.63, 3.8) is 0 Å². The summed E-state index contributed by atoms with van der Waals surface area (Å²) in [5.74, 6) is -2.81. The van der Waals surface area contributed by atoms with E-state index in [0.717, 1.165) is 0 Å². The number of hydrogen-bond acceptors (Lipinski definition) is 6. The van der Waals surface area contributed by atoms with Crippen LogP contribution >= 0.6 is 0 Å². The van der Waals surface area contributed by atoms with Crippen LogP contribution in [0.25, 0.3) is 0 Å². The molecule has 3 aliphatic rings. The Balaban J connectivity index is 1.38. The summed E-state index contributed by atoms with van der Waals surface area (Å²) in [6.07, 6.45) is -0.513. The number of carbonyl (C=O) groups is 3. The van der Waals surface area contributed by atoms with Gasteiger partial charge in [-0.15, -0.1) is 0 Å². The number of morpholine rings is 1. The molecule has 0 radical (unpaired) electrons. The van der Waals surface area contributed by atoms with Gasteiger partial charge in [0.15, 0.2) is 0 Å². The topological polar surface area (TPSA) is 91.0 Å². The highest BCUT2D eigenvalue weighted by Crippen LogP contribution is 2.33. The molecule has 1 unspecified atom stereocenters. The number of ether oxygens (including phenoxy) is 1. The molecule has 3 heterocycles. The number of rotatable bonds is 6. The van der Waals surface area contributed by atoms with Gasteiger partial charge in [0, 0.05) is 67.0 Å². The van der Waals surface area contributed by atoms with E-state index in [2.05, 4.69) is 10.2 Å². The van der Waals surface area contributed by atoms with Gasteiger partial charge in [0.1, 0.15) is 11.8 Å². The highest BCUT2D eigenvalue weighted by Gasteiger charge is 2.40. The van der Waals surface area contributed by atoms with Crippen LogP contribution in [0, 0.1) is 5.82 Å². The van der Waals surface area contributed by atoms with Crippen LogP contribution in [0.15, 0.2) is 36.4 Å². The van der Waals surface area contributed by atoms with E-state index in [0.29, 0.717) is 35.7 Å². The lowest BCUT2D eigenvalue weighted by Crippen LogP contribution is -2.56. The molecule has 9 heteroatoms. The fraction of sp³-hybridized carbons (Fsp3) is 0.483. The largest absolute Gasteiger partial charge is 0.381 e. The molecule has 38 heavy (non-hydrogen) atoms. The molecule has 202 valence electrons. The Morgan fingerprint density at radius 1 is 1.11 bits per heavy atom. The predicted molar refractivity (Wildman–Crippen MR) is 141 cm³/mol. The quantitative estimate of drug-likeness (QED) is 0.561. The Labute approximate surface area is 226 Å². The van der Waals surface area contributed by atoms with Gasteiger partial charge in [-0.2, -0.15) is 0 Å². The molecule has 1 atom stereocenters. The maximum atomic E-state index is 15.7. The van der Waals surface area contributed by atoms with Crippen molar-refractivity contribution < 1.29 is 27.6 Å². The third kappa shape index (κ3) is 5.31. The molecule has 5 rings (SSSR count). The fourth-order valence-corrected chi connectivity index (χ4v) is 5.67. The van der Waals surface area contributed by atoms with Gasteiger partial charge >= 0.3 is 0 Å². The first-order valence-electron chi connectivity index (χ1n) is 14.3. The van der Waals surface area contributed by atoms with Crippen LogP contribution in [0.2, 0.25) is 0 Å². The van der Waals surface area contributed by atoms with Crippen LogP contribution in [0.5, 0.6) is 0 Å². The minimum absolute atomic E-state index is 0.00287. The number of amides is 3. The molecule has 2 aromatic carbocycles. The molecular weight excluding hydrogens is 487 g/mol. The number of anilines is 1. The van der Waals surface area contributed by atoms with Crippen molar-refractivity contribution >= 4 is 23.4 Å². The van der Waals surface area contributed by atoms with Crippen LogP contribution in [-0.4, -0.2) is 57.8 Å². The minimum atomic E-state index is -2.54. The number of fused-ring (bicyclic) bond motifs is 1. The second-order valence-electron chi connectivity index (χ2n) is 11.3. The van der Waals surface area contributed by atoms with E-state index in [-0.39, 0.29) is 53.2 Å². The smallest absolute Gasteiger partial charge is 0.255 e. The van der Waals surface area contributed by atoms with E-state index in [1.165, 1.54) is 6.07 Å². The van der Waals surface area contributed by atoms with Gasteiger partial charge in [-0.3, -0.25) is 24.6 Å². The summed E-state index contributed by atoms with van der Waals surface area (Å²) < 4.78 is 48.2. The average molecular weight is 526 g/mol. The van der Waals surface area contributed by atoms with Crippen LogP contribution in [0.3, 0.4) is 0 Å². The molecule has 0 saturated carbocycles. The lowest BCUT2D eigenvalue weighted by Gasteiger charge is -2.47. The van der Waals surface area contributed by atoms with Gasteiger partial charge < -0.3 is 15.0 Å². The van der Waals surface area contributed by atoms with E-state index in [1.54, 1.807) is 30.3 Å². The number of halogens is 1. The highest BCUT2D eigenvalue weighted by molar-refractivity contribution is 6.06. The van der Waals surface area contributed by atoms with Gasteiger partial charge in [0.25, 0.3) is 5.91 Å². The van der Waals surface area contributed by atoms with Gasteiger partial charge in [-0.1, -0.05) is 24.3 Å². The number of carbonyl (C=O) groups excluding carboxylic acids is 3. The maximum Gasteiger partial charge on any atom is 0.255 e. The second-order valence-corrected chi connectivity index (χ2v) is 11.3. The molecule has 0 bridgehead atoms. The molecule has 2 fully saturated rings. The van der Waals surface area contributed by atoms with Crippen LogP contribution < -0.4 is 10.6 Å². The van der Waals surface area contributed by atoms with Crippen LogP contribution in [-0.2, 0) is 33.9 Å². The monoisotopic (exact) mass is 525 g/mol. The Bertz CT molecular complexity index is 1420. The van der Waals surface area contributed by atoms with Crippen molar-refractivity contribution in [2.75, 3.05) is 18.4 Å². The number of nitrogens with zero attached hydrogens (tertiary/aromatic N) is 2. The van der Waals surface area contributed by atoms with Crippen molar-refractivity contribution in [1.29, 1.82) is 0 Å². The summed E-state index contributed by atoms with van der Waals surface area (Å²) in [6, 6.07) is 7.45. The Kier molecular flexibility index (Phi) is 5.83. The summed E-state index contributed by atoms with van der Waals surface area (Å²) in [5, 5.41) is 5.13. The zero-order valence-corrected chi connectivity index (χ0v) is 22.1. The molecule has 3 amide bonds. The van der Waals surface area contributed by atoms with Crippen molar-refractivity contribution in [2.45, 2.75) is 77.3 Å². The fourth-order valence-electron chi connectivity index (χ4n) is 5.67. The molecule has 2 saturated heterocycles. The predicted octanol–water partition coefficient (Wildman–Crippen LogP) is 3.59. The summed E-state index contributed by atoms with van der Waals surface area (Å²) in [6.45, 7) is 7.25. The van der Waals surface area contributed by atoms with Crippen molar-refractivity contribution in [2.24, 2.45) is 0 Å². The summed E-state index contributed by atoms with van der Waals surface area (Å²) in [7, 11) is 0. The van der Waals surface area contributed by atoms with Gasteiger partial charge in [0.05, 0.1) is 15.3 Å². The van der Waals surface area contributed by atoms with E-state index in [4.69, 9.17) is 8.85 Å². The van der Waals surface area contributed by atoms with Gasteiger partial charge in [-0.25, -0.2) is 4.39 Å². The number of piperidine rings is 1. The van der Waals surface area contributed by atoms with Gasteiger partial charge in [-0.05, 0) is 46.2 Å². The summed E-state index contributed by atoms with van der Waals surface area (Å²) >= 11 is 0. The average Bonchev–Trinajstić information content (AvgIpc) is 3.06. The molecule has 0 aromatic heterocycles. The first-order valence-corrected chi connectivity index (χ1v) is 12.8. The van der Waals surface area contributed by atoms with E-state index in [9.17, 15) is 14.4 Å². The Morgan fingerprint density at radius 3 is 2.50 bits per heavy atom. The number of hydrogen-bond donors (Lipinski definition) is 2. The van der Waals surface area contributed by atoms with Crippen molar-refractivity contribution in [3.8, 4) is 0 Å². The lowest BCUT2D eigenvalue weighted by molar-refractivity contribution is -0.182. The zero-order chi connectivity index (χ0) is 30.0. The molecule has 8 nitrogen and oxygen atoms in total. The summed E-state index contributed by atoms with van der Waals surface area (Å²) in [4.78, 5) is 40.4. The molecular formula is C29H35FN4O4. The lowest BCUT2D eigenvalue weighted by atomic mass is 9.98. The number of benzene rings is 2. The zero-order valence-electron chi connectivity index (χ0n) is 25.1. The van der Waals surface area contributed by atoms with E-state index in [1.807, 2.05) is 33.0 Å². The van der Waals surface area contributed by atoms with E-state index < -0.39 is 30.2 Å². The Morgan fingerprint density at radius 2 is 1.79 bits per heavy atom. The third-order valence-corrected chi connectivity index (χ3v) is 6.88. The highest BCUT2D eigenvalue weighted by atomic mass is 19.1. The first-order chi connectivity index (χ1) is 19.0. The number of nitrogens with one attached hydrogen (secondary N) is 2. The SMILES string of the molecule is [2H]C1(N2C(=O)c3cccc(NCc4cccc(CN5CC(C)(C)OC(C)(C)C5)c4F)c3C2([2H])[2H])CCC(=O)NC1=O.